The molecule has 3 nitrogen and oxygen atoms in total. The van der Waals surface area contributed by atoms with Crippen molar-refractivity contribution in [3.63, 3.8) is 0 Å². The second-order valence-electron chi connectivity index (χ2n) is 4.00. The van der Waals surface area contributed by atoms with Gasteiger partial charge in [0.25, 0.3) is 0 Å². The van der Waals surface area contributed by atoms with Gasteiger partial charge in [0, 0.05) is 5.92 Å². The summed E-state index contributed by atoms with van der Waals surface area (Å²) in [6.07, 6.45) is 0.364. The van der Waals surface area contributed by atoms with Crippen molar-refractivity contribution in [3.8, 4) is 5.75 Å². The highest BCUT2D eigenvalue weighted by Gasteiger charge is 2.36. The van der Waals surface area contributed by atoms with Crippen LogP contribution in [0.15, 0.2) is 24.3 Å². The molecule has 0 bridgehead atoms. The van der Waals surface area contributed by atoms with Gasteiger partial charge in [0.1, 0.15) is 11.9 Å². The number of rotatable bonds is 3. The first-order chi connectivity index (χ1) is 7.22. The van der Waals surface area contributed by atoms with Crippen LogP contribution in [0.3, 0.4) is 0 Å². The third-order valence-corrected chi connectivity index (χ3v) is 3.04. The minimum absolute atomic E-state index is 0.0838. The molecular formula is C12H16O3. The molecule has 1 aliphatic heterocycles. The van der Waals surface area contributed by atoms with E-state index in [0.29, 0.717) is 5.92 Å². The Hall–Kier alpha value is -1.06. The lowest BCUT2D eigenvalue weighted by Gasteiger charge is -2.39. The second kappa shape index (κ2) is 4.21. The average Bonchev–Trinajstić information content (AvgIpc) is 2.17. The summed E-state index contributed by atoms with van der Waals surface area (Å²) in [4.78, 5) is 0. The molecular weight excluding hydrogens is 192 g/mol. The molecule has 3 atom stereocenters. The Kier molecular flexibility index (Phi) is 2.93. The Morgan fingerprint density at radius 1 is 1.40 bits per heavy atom. The van der Waals surface area contributed by atoms with E-state index in [1.807, 2.05) is 0 Å². The highest BCUT2D eigenvalue weighted by Crippen LogP contribution is 2.34. The van der Waals surface area contributed by atoms with Crippen LogP contribution in [0, 0.1) is 5.92 Å². The molecule has 0 aromatic heterocycles. The summed E-state index contributed by atoms with van der Waals surface area (Å²) in [5, 5.41) is 19.2. The number of hydrogen-bond donors (Lipinski definition) is 2. The Labute approximate surface area is 89.3 Å². The molecule has 0 saturated carbocycles. The van der Waals surface area contributed by atoms with Gasteiger partial charge in [-0.3, -0.25) is 0 Å². The standard InChI is InChI=1S/C12H16O3/c1-2-8-7-15-12(8)11(14)9-3-5-10(13)6-4-9/h3-6,8,11-14H,2,7H2,1H3. The van der Waals surface area contributed by atoms with Crippen LogP contribution in [0.4, 0.5) is 0 Å². The summed E-state index contributed by atoms with van der Waals surface area (Å²) in [5.41, 5.74) is 0.802. The number of phenolic OH excluding ortho intramolecular Hbond substituents is 1. The maximum Gasteiger partial charge on any atom is 0.115 e. The molecule has 1 aromatic carbocycles. The Morgan fingerprint density at radius 2 is 2.07 bits per heavy atom. The topological polar surface area (TPSA) is 49.7 Å². The summed E-state index contributed by atoms with van der Waals surface area (Å²) in [6, 6.07) is 6.62. The van der Waals surface area contributed by atoms with E-state index in [4.69, 9.17) is 9.84 Å². The van der Waals surface area contributed by atoms with Crippen LogP contribution in [0.5, 0.6) is 5.75 Å². The van der Waals surface area contributed by atoms with Crippen LogP contribution in [-0.2, 0) is 4.74 Å². The third-order valence-electron chi connectivity index (χ3n) is 3.04. The largest absolute Gasteiger partial charge is 0.508 e. The van der Waals surface area contributed by atoms with Crippen LogP contribution >= 0.6 is 0 Å². The molecule has 1 heterocycles. The number of ether oxygens (including phenoxy) is 1. The highest BCUT2D eigenvalue weighted by molar-refractivity contribution is 5.28. The van der Waals surface area contributed by atoms with Gasteiger partial charge in [-0.2, -0.15) is 0 Å². The zero-order valence-electron chi connectivity index (χ0n) is 8.76. The van der Waals surface area contributed by atoms with Crippen LogP contribution in [0.2, 0.25) is 0 Å². The molecule has 3 unspecified atom stereocenters. The predicted molar refractivity (Wildman–Crippen MR) is 56.6 cm³/mol. The lowest BCUT2D eigenvalue weighted by atomic mass is 9.88. The monoisotopic (exact) mass is 208 g/mol. The molecule has 2 N–H and O–H groups in total. The first kappa shape index (κ1) is 10.5. The van der Waals surface area contributed by atoms with Gasteiger partial charge in [-0.15, -0.1) is 0 Å². The van der Waals surface area contributed by atoms with Gasteiger partial charge in [0.15, 0.2) is 0 Å². The third kappa shape index (κ3) is 1.98. The molecule has 0 amide bonds. The fourth-order valence-corrected chi connectivity index (χ4v) is 1.90. The molecule has 15 heavy (non-hydrogen) atoms. The number of benzene rings is 1. The highest BCUT2D eigenvalue weighted by atomic mass is 16.5. The maximum atomic E-state index is 10.0. The molecule has 3 heteroatoms. The van der Waals surface area contributed by atoms with Crippen molar-refractivity contribution in [1.29, 1.82) is 0 Å². The van der Waals surface area contributed by atoms with Crippen molar-refractivity contribution in [3.05, 3.63) is 29.8 Å². The Morgan fingerprint density at radius 3 is 2.53 bits per heavy atom. The molecule has 82 valence electrons. The van der Waals surface area contributed by atoms with E-state index >= 15 is 0 Å². The molecule has 1 saturated heterocycles. The maximum absolute atomic E-state index is 10.0. The first-order valence-electron chi connectivity index (χ1n) is 5.31. The van der Waals surface area contributed by atoms with E-state index in [1.54, 1.807) is 24.3 Å². The van der Waals surface area contributed by atoms with E-state index in [9.17, 15) is 5.11 Å². The van der Waals surface area contributed by atoms with Crippen molar-refractivity contribution < 1.29 is 14.9 Å². The quantitative estimate of drug-likeness (QED) is 0.797. The van der Waals surface area contributed by atoms with Crippen molar-refractivity contribution in [2.24, 2.45) is 5.92 Å². The molecule has 2 rings (SSSR count). The van der Waals surface area contributed by atoms with Gasteiger partial charge in [0.2, 0.25) is 0 Å². The number of hydrogen-bond acceptors (Lipinski definition) is 3. The minimum Gasteiger partial charge on any atom is -0.508 e. The minimum atomic E-state index is -0.579. The van der Waals surface area contributed by atoms with Crippen LogP contribution < -0.4 is 0 Å². The fraction of sp³-hybridized carbons (Fsp3) is 0.500. The van der Waals surface area contributed by atoms with Crippen molar-refractivity contribution in [1.82, 2.24) is 0 Å². The van der Waals surface area contributed by atoms with Gasteiger partial charge in [-0.25, -0.2) is 0 Å². The van der Waals surface area contributed by atoms with E-state index in [2.05, 4.69) is 6.92 Å². The first-order valence-corrected chi connectivity index (χ1v) is 5.31. The molecule has 0 aliphatic carbocycles. The lowest BCUT2D eigenvalue weighted by Crippen LogP contribution is -2.43. The van der Waals surface area contributed by atoms with E-state index in [0.717, 1.165) is 18.6 Å². The summed E-state index contributed by atoms with van der Waals surface area (Å²) >= 11 is 0. The number of phenols is 1. The Balaban J connectivity index is 2.07. The Bertz CT molecular complexity index is 318. The molecule has 1 fully saturated rings. The number of aliphatic hydroxyl groups excluding tert-OH is 1. The molecule has 1 aliphatic rings. The van der Waals surface area contributed by atoms with Gasteiger partial charge >= 0.3 is 0 Å². The molecule has 0 spiro atoms. The smallest absolute Gasteiger partial charge is 0.115 e. The number of aromatic hydroxyl groups is 1. The van der Waals surface area contributed by atoms with Crippen molar-refractivity contribution in [2.75, 3.05) is 6.61 Å². The van der Waals surface area contributed by atoms with E-state index in [1.165, 1.54) is 0 Å². The van der Waals surface area contributed by atoms with Crippen LogP contribution in [-0.4, -0.2) is 22.9 Å². The lowest BCUT2D eigenvalue weighted by molar-refractivity contribution is -0.169. The SMILES string of the molecule is CCC1COC1C(O)c1ccc(O)cc1. The summed E-state index contributed by atoms with van der Waals surface area (Å²) in [6.45, 7) is 2.85. The summed E-state index contributed by atoms with van der Waals surface area (Å²) < 4.78 is 5.37. The van der Waals surface area contributed by atoms with Gasteiger partial charge in [-0.1, -0.05) is 19.1 Å². The fourth-order valence-electron chi connectivity index (χ4n) is 1.90. The van der Waals surface area contributed by atoms with Crippen LogP contribution in [0.25, 0.3) is 0 Å². The zero-order valence-corrected chi connectivity index (χ0v) is 8.76. The van der Waals surface area contributed by atoms with Crippen molar-refractivity contribution >= 4 is 0 Å². The summed E-state index contributed by atoms with van der Waals surface area (Å²) in [5.74, 6) is 0.668. The average molecular weight is 208 g/mol. The van der Waals surface area contributed by atoms with E-state index < -0.39 is 6.10 Å². The normalized spacial score (nSPS) is 27.1. The van der Waals surface area contributed by atoms with Gasteiger partial charge < -0.3 is 14.9 Å². The summed E-state index contributed by atoms with van der Waals surface area (Å²) in [7, 11) is 0. The van der Waals surface area contributed by atoms with Gasteiger partial charge in [-0.05, 0) is 24.1 Å². The number of aliphatic hydroxyl groups is 1. The van der Waals surface area contributed by atoms with Crippen LogP contribution in [0.1, 0.15) is 25.0 Å². The van der Waals surface area contributed by atoms with E-state index in [-0.39, 0.29) is 11.9 Å². The molecule has 0 radical (unpaired) electrons. The predicted octanol–water partition coefficient (Wildman–Crippen LogP) is 1.85. The molecule has 1 aromatic rings. The van der Waals surface area contributed by atoms with Gasteiger partial charge in [0.05, 0.1) is 12.7 Å². The second-order valence-corrected chi connectivity index (χ2v) is 4.00. The van der Waals surface area contributed by atoms with Crippen molar-refractivity contribution in [2.45, 2.75) is 25.6 Å². The zero-order chi connectivity index (χ0) is 10.8.